The fourth-order valence-electron chi connectivity index (χ4n) is 3.54. The van der Waals surface area contributed by atoms with Crippen LogP contribution in [0.25, 0.3) is 0 Å². The Hall–Kier alpha value is -2.10. The van der Waals surface area contributed by atoms with Gasteiger partial charge in [0.1, 0.15) is 6.10 Å². The summed E-state index contributed by atoms with van der Waals surface area (Å²) in [6, 6.07) is 6.77. The molecular formula is C23H34N2O6S. The number of rotatable bonds is 8. The van der Waals surface area contributed by atoms with Crippen LogP contribution in [-0.2, 0) is 29.1 Å². The summed E-state index contributed by atoms with van der Waals surface area (Å²) in [5.74, 6) is -2.02. The maximum atomic E-state index is 13.1. The van der Waals surface area contributed by atoms with E-state index in [1.54, 1.807) is 18.2 Å². The first-order chi connectivity index (χ1) is 15.2. The summed E-state index contributed by atoms with van der Waals surface area (Å²) < 4.78 is 33.6. The SMILES string of the molecule is CC(C)CC(NS(=O)(=O)c1ccccc1)C(=O)CC1OCCCCCCCNC(=O)C1=O. The van der Waals surface area contributed by atoms with Gasteiger partial charge < -0.3 is 10.1 Å². The molecular weight excluding hydrogens is 432 g/mol. The van der Waals surface area contributed by atoms with E-state index in [-0.39, 0.29) is 30.3 Å². The van der Waals surface area contributed by atoms with Crippen LogP contribution in [0.3, 0.4) is 0 Å². The van der Waals surface area contributed by atoms with E-state index in [9.17, 15) is 22.8 Å². The highest BCUT2D eigenvalue weighted by molar-refractivity contribution is 7.89. The highest BCUT2D eigenvalue weighted by atomic mass is 32.2. The van der Waals surface area contributed by atoms with Crippen molar-refractivity contribution >= 4 is 27.5 Å². The first-order valence-electron chi connectivity index (χ1n) is 11.2. The van der Waals surface area contributed by atoms with Crippen LogP contribution in [-0.4, -0.2) is 51.2 Å². The van der Waals surface area contributed by atoms with Crippen molar-refractivity contribution in [3.8, 4) is 0 Å². The van der Waals surface area contributed by atoms with E-state index < -0.39 is 39.6 Å². The molecule has 1 saturated heterocycles. The molecule has 1 aromatic rings. The second kappa shape index (κ2) is 12.8. The molecule has 1 aliphatic heterocycles. The van der Waals surface area contributed by atoms with Gasteiger partial charge in [-0.3, -0.25) is 14.4 Å². The maximum Gasteiger partial charge on any atom is 0.290 e. The zero-order valence-electron chi connectivity index (χ0n) is 18.8. The number of nitrogens with one attached hydrogen (secondary N) is 2. The van der Waals surface area contributed by atoms with E-state index in [2.05, 4.69) is 10.0 Å². The Morgan fingerprint density at radius 1 is 1.09 bits per heavy atom. The van der Waals surface area contributed by atoms with Crippen molar-refractivity contribution in [3.05, 3.63) is 30.3 Å². The fourth-order valence-corrected chi connectivity index (χ4v) is 4.80. The third-order valence-electron chi connectivity index (χ3n) is 5.28. The number of carbonyl (C=O) groups is 3. The maximum absolute atomic E-state index is 13.1. The first-order valence-corrected chi connectivity index (χ1v) is 12.7. The number of hydrogen-bond acceptors (Lipinski definition) is 6. The van der Waals surface area contributed by atoms with Crippen LogP contribution >= 0.6 is 0 Å². The molecule has 2 rings (SSSR count). The number of amides is 1. The average molecular weight is 467 g/mol. The minimum absolute atomic E-state index is 0.0265. The molecule has 0 bridgehead atoms. The molecule has 1 amide bonds. The Kier molecular flexibility index (Phi) is 10.5. The average Bonchev–Trinajstić information content (AvgIpc) is 2.75. The molecule has 32 heavy (non-hydrogen) atoms. The van der Waals surface area contributed by atoms with Gasteiger partial charge in [0.25, 0.3) is 5.91 Å². The Bertz CT molecular complexity index is 870. The summed E-state index contributed by atoms with van der Waals surface area (Å²) in [6.07, 6.45) is 3.12. The van der Waals surface area contributed by atoms with E-state index >= 15 is 0 Å². The van der Waals surface area contributed by atoms with Crippen molar-refractivity contribution in [2.45, 2.75) is 75.8 Å². The number of sulfonamides is 1. The monoisotopic (exact) mass is 466 g/mol. The molecule has 0 radical (unpaired) electrons. The first kappa shape index (κ1) is 26.2. The lowest BCUT2D eigenvalue weighted by atomic mass is 9.96. The second-order valence-corrected chi connectivity index (χ2v) is 10.2. The molecule has 178 valence electrons. The van der Waals surface area contributed by atoms with Gasteiger partial charge in [-0.15, -0.1) is 0 Å². The summed E-state index contributed by atoms with van der Waals surface area (Å²) in [7, 11) is -3.92. The van der Waals surface area contributed by atoms with E-state index in [4.69, 9.17) is 4.74 Å². The molecule has 1 aromatic carbocycles. The van der Waals surface area contributed by atoms with Gasteiger partial charge in [-0.1, -0.05) is 51.3 Å². The Labute approximate surface area is 190 Å². The fraction of sp³-hybridized carbons (Fsp3) is 0.609. The second-order valence-electron chi connectivity index (χ2n) is 8.53. The highest BCUT2D eigenvalue weighted by Gasteiger charge is 2.33. The van der Waals surface area contributed by atoms with E-state index in [1.807, 2.05) is 13.8 Å². The van der Waals surface area contributed by atoms with E-state index in [0.29, 0.717) is 6.54 Å². The van der Waals surface area contributed by atoms with Gasteiger partial charge in [-0.2, -0.15) is 0 Å². The van der Waals surface area contributed by atoms with Crippen LogP contribution in [0.15, 0.2) is 35.2 Å². The molecule has 0 aromatic heterocycles. The van der Waals surface area contributed by atoms with Crippen molar-refractivity contribution in [2.24, 2.45) is 5.92 Å². The summed E-state index contributed by atoms with van der Waals surface area (Å²) in [5, 5.41) is 2.58. The predicted octanol–water partition coefficient (Wildman–Crippen LogP) is 2.37. The summed E-state index contributed by atoms with van der Waals surface area (Å²) in [4.78, 5) is 38.0. The van der Waals surface area contributed by atoms with Gasteiger partial charge >= 0.3 is 0 Å². The van der Waals surface area contributed by atoms with Gasteiger partial charge in [0, 0.05) is 19.6 Å². The molecule has 0 aliphatic carbocycles. The quantitative estimate of drug-likeness (QED) is 0.568. The minimum atomic E-state index is -3.92. The standard InChI is InChI=1S/C23H34N2O6S/c1-17(2)15-19(25-32(29,30)18-11-7-6-8-12-18)20(26)16-21-22(27)23(28)24-13-9-4-3-5-10-14-31-21/h6-8,11-12,17,19,21,25H,3-5,9-10,13-16H2,1-2H3,(H,24,28). The molecule has 0 saturated carbocycles. The lowest BCUT2D eigenvalue weighted by Crippen LogP contribution is -2.46. The van der Waals surface area contributed by atoms with Gasteiger partial charge in [0.2, 0.25) is 15.8 Å². The van der Waals surface area contributed by atoms with Gasteiger partial charge in [-0.05, 0) is 37.3 Å². The van der Waals surface area contributed by atoms with Crippen LogP contribution < -0.4 is 10.0 Å². The molecule has 2 atom stereocenters. The topological polar surface area (TPSA) is 119 Å². The number of benzene rings is 1. The van der Waals surface area contributed by atoms with Crippen molar-refractivity contribution in [1.29, 1.82) is 0 Å². The van der Waals surface area contributed by atoms with Gasteiger partial charge in [0.15, 0.2) is 5.78 Å². The van der Waals surface area contributed by atoms with Crippen LogP contribution in [0, 0.1) is 5.92 Å². The zero-order valence-corrected chi connectivity index (χ0v) is 19.7. The lowest BCUT2D eigenvalue weighted by Gasteiger charge is -2.22. The van der Waals surface area contributed by atoms with Crippen molar-refractivity contribution < 1.29 is 27.5 Å². The number of hydrogen-bond donors (Lipinski definition) is 2. The molecule has 9 heteroatoms. The van der Waals surface area contributed by atoms with Crippen molar-refractivity contribution in [3.63, 3.8) is 0 Å². The zero-order chi connectivity index (χ0) is 23.6. The highest BCUT2D eigenvalue weighted by Crippen LogP contribution is 2.16. The summed E-state index contributed by atoms with van der Waals surface area (Å²) in [5.41, 5.74) is 0. The van der Waals surface area contributed by atoms with Gasteiger partial charge in [-0.25, -0.2) is 13.1 Å². The van der Waals surface area contributed by atoms with Crippen LogP contribution in [0.2, 0.25) is 0 Å². The number of Topliss-reactive ketones (excluding diaryl/α,β-unsaturated/α-hetero) is 2. The smallest absolute Gasteiger partial charge is 0.290 e. The molecule has 1 aliphatic rings. The summed E-state index contributed by atoms with van der Waals surface area (Å²) >= 11 is 0. The lowest BCUT2D eigenvalue weighted by molar-refractivity contribution is -0.146. The Morgan fingerprint density at radius 3 is 2.44 bits per heavy atom. The molecule has 2 N–H and O–H groups in total. The molecule has 8 nitrogen and oxygen atoms in total. The van der Waals surface area contributed by atoms with Gasteiger partial charge in [0.05, 0.1) is 10.9 Å². The van der Waals surface area contributed by atoms with E-state index in [0.717, 1.165) is 32.1 Å². The molecule has 1 fully saturated rings. The normalized spacial score (nSPS) is 20.2. The number of ketones is 2. The molecule has 1 heterocycles. The van der Waals surface area contributed by atoms with Crippen molar-refractivity contribution in [1.82, 2.24) is 10.0 Å². The third kappa shape index (κ3) is 8.44. The van der Waals surface area contributed by atoms with Crippen LogP contribution in [0.5, 0.6) is 0 Å². The summed E-state index contributed by atoms with van der Waals surface area (Å²) in [6.45, 7) is 4.42. The molecule has 0 spiro atoms. The number of carbonyl (C=O) groups excluding carboxylic acids is 3. The largest absolute Gasteiger partial charge is 0.369 e. The Balaban J connectivity index is 2.16. The van der Waals surface area contributed by atoms with Crippen molar-refractivity contribution in [2.75, 3.05) is 13.2 Å². The predicted molar refractivity (Wildman–Crippen MR) is 120 cm³/mol. The third-order valence-corrected chi connectivity index (χ3v) is 6.76. The number of ether oxygens (including phenoxy) is 1. The minimum Gasteiger partial charge on any atom is -0.369 e. The van der Waals surface area contributed by atoms with Crippen LogP contribution in [0.1, 0.15) is 58.8 Å². The van der Waals surface area contributed by atoms with Crippen LogP contribution in [0.4, 0.5) is 0 Å². The van der Waals surface area contributed by atoms with E-state index in [1.165, 1.54) is 12.1 Å². The molecule has 2 unspecified atom stereocenters. The Morgan fingerprint density at radius 2 is 1.75 bits per heavy atom.